The van der Waals surface area contributed by atoms with Crippen LogP contribution in [0.1, 0.15) is 22.3 Å². The third kappa shape index (κ3) is 3.85. The van der Waals surface area contributed by atoms with Crippen molar-refractivity contribution in [1.29, 1.82) is 0 Å². The Balaban J connectivity index is 2.04. The molecule has 0 bridgehead atoms. The zero-order valence-corrected chi connectivity index (χ0v) is 11.7. The van der Waals surface area contributed by atoms with Gasteiger partial charge in [0.25, 0.3) is 0 Å². The van der Waals surface area contributed by atoms with Gasteiger partial charge in [0.15, 0.2) is 0 Å². The molecule has 20 heavy (non-hydrogen) atoms. The van der Waals surface area contributed by atoms with Gasteiger partial charge in [0.05, 0.1) is 6.42 Å². The van der Waals surface area contributed by atoms with Crippen molar-refractivity contribution in [3.63, 3.8) is 0 Å². The van der Waals surface area contributed by atoms with E-state index >= 15 is 0 Å². The third-order valence-electron chi connectivity index (χ3n) is 3.07. The van der Waals surface area contributed by atoms with Crippen molar-refractivity contribution in [3.05, 3.63) is 64.7 Å². The standard InChI is InChI=1S/C17H18O3/c1-12-4-3-5-15(8-12)11-20-16-7-6-14(9-13(16)2)10-17(18)19/h3-9H,10-11H2,1-2H3,(H,18,19). The van der Waals surface area contributed by atoms with Crippen molar-refractivity contribution in [1.82, 2.24) is 0 Å². The fourth-order valence-electron chi connectivity index (χ4n) is 2.12. The number of aryl methyl sites for hydroxylation is 2. The van der Waals surface area contributed by atoms with Crippen LogP contribution in [0, 0.1) is 13.8 Å². The smallest absolute Gasteiger partial charge is 0.307 e. The lowest BCUT2D eigenvalue weighted by Gasteiger charge is -2.10. The lowest BCUT2D eigenvalue weighted by Crippen LogP contribution is -2.02. The second kappa shape index (κ2) is 6.24. The second-order valence-corrected chi connectivity index (χ2v) is 4.95. The number of carbonyl (C=O) groups is 1. The largest absolute Gasteiger partial charge is 0.489 e. The highest BCUT2D eigenvalue weighted by molar-refractivity contribution is 5.70. The molecule has 2 aromatic carbocycles. The number of benzene rings is 2. The summed E-state index contributed by atoms with van der Waals surface area (Å²) in [4.78, 5) is 10.7. The van der Waals surface area contributed by atoms with Gasteiger partial charge in [-0.3, -0.25) is 4.79 Å². The minimum absolute atomic E-state index is 0.0407. The number of aliphatic carboxylic acids is 1. The molecule has 0 saturated carbocycles. The van der Waals surface area contributed by atoms with E-state index < -0.39 is 5.97 Å². The molecule has 0 radical (unpaired) electrons. The zero-order valence-electron chi connectivity index (χ0n) is 11.7. The summed E-state index contributed by atoms with van der Waals surface area (Å²) < 4.78 is 5.79. The number of carboxylic acids is 1. The van der Waals surface area contributed by atoms with Crippen molar-refractivity contribution < 1.29 is 14.6 Å². The minimum atomic E-state index is -0.821. The molecule has 0 aliphatic heterocycles. The summed E-state index contributed by atoms with van der Waals surface area (Å²) in [5.74, 6) is -0.0292. The maximum Gasteiger partial charge on any atom is 0.307 e. The Kier molecular flexibility index (Phi) is 4.41. The molecular weight excluding hydrogens is 252 g/mol. The molecule has 2 aromatic rings. The predicted octanol–water partition coefficient (Wildman–Crippen LogP) is 3.51. The molecule has 0 amide bonds. The van der Waals surface area contributed by atoms with Gasteiger partial charge < -0.3 is 9.84 Å². The van der Waals surface area contributed by atoms with Gasteiger partial charge in [0, 0.05) is 0 Å². The van der Waals surface area contributed by atoms with Crippen LogP contribution in [0.5, 0.6) is 5.75 Å². The summed E-state index contributed by atoms with van der Waals surface area (Å²) >= 11 is 0. The number of carboxylic acid groups (broad SMARTS) is 1. The molecule has 0 unspecified atom stereocenters. The highest BCUT2D eigenvalue weighted by atomic mass is 16.5. The van der Waals surface area contributed by atoms with E-state index in [9.17, 15) is 4.79 Å². The Labute approximate surface area is 118 Å². The molecule has 104 valence electrons. The van der Waals surface area contributed by atoms with Gasteiger partial charge >= 0.3 is 5.97 Å². The van der Waals surface area contributed by atoms with Crippen LogP contribution in [0.2, 0.25) is 0 Å². The lowest BCUT2D eigenvalue weighted by atomic mass is 10.1. The molecule has 0 spiro atoms. The molecule has 0 aromatic heterocycles. The monoisotopic (exact) mass is 270 g/mol. The van der Waals surface area contributed by atoms with Crippen molar-refractivity contribution in [2.24, 2.45) is 0 Å². The van der Waals surface area contributed by atoms with Crippen LogP contribution < -0.4 is 4.74 Å². The maximum atomic E-state index is 10.7. The second-order valence-electron chi connectivity index (χ2n) is 4.95. The first-order valence-electron chi connectivity index (χ1n) is 6.54. The molecule has 2 rings (SSSR count). The van der Waals surface area contributed by atoms with Crippen LogP contribution in [0.4, 0.5) is 0 Å². The van der Waals surface area contributed by atoms with Crippen molar-refractivity contribution >= 4 is 5.97 Å². The Morgan fingerprint density at radius 3 is 2.55 bits per heavy atom. The van der Waals surface area contributed by atoms with E-state index in [1.807, 2.05) is 31.2 Å². The van der Waals surface area contributed by atoms with Gasteiger partial charge in [0.2, 0.25) is 0 Å². The van der Waals surface area contributed by atoms with Crippen molar-refractivity contribution in [2.75, 3.05) is 0 Å². The Morgan fingerprint density at radius 2 is 1.90 bits per heavy atom. The summed E-state index contributed by atoms with van der Waals surface area (Å²) in [5, 5.41) is 8.77. The van der Waals surface area contributed by atoms with Crippen LogP contribution in [-0.2, 0) is 17.8 Å². The summed E-state index contributed by atoms with van der Waals surface area (Å²) in [7, 11) is 0. The molecule has 1 N–H and O–H groups in total. The molecule has 0 aliphatic rings. The molecule has 0 aliphatic carbocycles. The van der Waals surface area contributed by atoms with E-state index in [0.29, 0.717) is 6.61 Å². The quantitative estimate of drug-likeness (QED) is 0.904. The number of hydrogen-bond donors (Lipinski definition) is 1. The maximum absolute atomic E-state index is 10.7. The van der Waals surface area contributed by atoms with Crippen molar-refractivity contribution in [2.45, 2.75) is 26.9 Å². The third-order valence-corrected chi connectivity index (χ3v) is 3.07. The van der Waals surface area contributed by atoms with Crippen molar-refractivity contribution in [3.8, 4) is 5.75 Å². The molecule has 0 saturated heterocycles. The molecule has 0 heterocycles. The van der Waals surface area contributed by atoms with Gasteiger partial charge in [-0.05, 0) is 36.6 Å². The fraction of sp³-hybridized carbons (Fsp3) is 0.235. The molecule has 0 fully saturated rings. The Bertz CT molecular complexity index is 617. The summed E-state index contributed by atoms with van der Waals surface area (Å²) in [6.07, 6.45) is 0.0407. The predicted molar refractivity (Wildman–Crippen MR) is 78.0 cm³/mol. The van der Waals surface area contributed by atoms with Gasteiger partial charge in [0.1, 0.15) is 12.4 Å². The summed E-state index contributed by atoms with van der Waals surface area (Å²) in [6, 6.07) is 13.7. The number of hydrogen-bond acceptors (Lipinski definition) is 2. The van der Waals surface area contributed by atoms with Gasteiger partial charge in [-0.2, -0.15) is 0 Å². The van der Waals surface area contributed by atoms with E-state index in [4.69, 9.17) is 9.84 Å². The van der Waals surface area contributed by atoms with Crippen LogP contribution in [0.25, 0.3) is 0 Å². The number of rotatable bonds is 5. The minimum Gasteiger partial charge on any atom is -0.489 e. The molecule has 3 nitrogen and oxygen atoms in total. The molecular formula is C17H18O3. The van der Waals surface area contributed by atoms with Crippen LogP contribution in [0.3, 0.4) is 0 Å². The molecule has 3 heteroatoms. The SMILES string of the molecule is Cc1cccc(COc2ccc(CC(=O)O)cc2C)c1. The van der Waals surface area contributed by atoms with Crippen LogP contribution >= 0.6 is 0 Å². The lowest BCUT2D eigenvalue weighted by molar-refractivity contribution is -0.136. The van der Waals surface area contributed by atoms with E-state index in [1.54, 1.807) is 6.07 Å². The average molecular weight is 270 g/mol. The summed E-state index contributed by atoms with van der Waals surface area (Å²) in [5.41, 5.74) is 4.08. The van der Waals surface area contributed by atoms with Crippen LogP contribution in [-0.4, -0.2) is 11.1 Å². The highest BCUT2D eigenvalue weighted by Crippen LogP contribution is 2.21. The number of ether oxygens (including phenoxy) is 1. The zero-order chi connectivity index (χ0) is 14.5. The summed E-state index contributed by atoms with van der Waals surface area (Å²) in [6.45, 7) is 4.49. The Morgan fingerprint density at radius 1 is 1.10 bits per heavy atom. The molecule has 0 atom stereocenters. The topological polar surface area (TPSA) is 46.5 Å². The van der Waals surface area contributed by atoms with E-state index in [0.717, 1.165) is 22.4 Å². The fourth-order valence-corrected chi connectivity index (χ4v) is 2.12. The van der Waals surface area contributed by atoms with E-state index in [1.165, 1.54) is 5.56 Å². The first kappa shape index (κ1) is 14.1. The van der Waals surface area contributed by atoms with E-state index in [2.05, 4.69) is 19.1 Å². The van der Waals surface area contributed by atoms with Gasteiger partial charge in [-0.25, -0.2) is 0 Å². The van der Waals surface area contributed by atoms with E-state index in [-0.39, 0.29) is 6.42 Å². The first-order chi connectivity index (χ1) is 9.54. The highest BCUT2D eigenvalue weighted by Gasteiger charge is 2.05. The Hall–Kier alpha value is -2.29. The average Bonchev–Trinajstić information content (AvgIpc) is 2.37. The van der Waals surface area contributed by atoms with Gasteiger partial charge in [-0.1, -0.05) is 42.0 Å². The first-order valence-corrected chi connectivity index (χ1v) is 6.54. The van der Waals surface area contributed by atoms with Crippen LogP contribution in [0.15, 0.2) is 42.5 Å². The normalized spacial score (nSPS) is 10.3. The van der Waals surface area contributed by atoms with Gasteiger partial charge in [-0.15, -0.1) is 0 Å².